The van der Waals surface area contributed by atoms with Crippen molar-refractivity contribution in [1.29, 1.82) is 5.26 Å². The van der Waals surface area contributed by atoms with E-state index in [0.717, 1.165) is 24.0 Å². The van der Waals surface area contributed by atoms with Crippen LogP contribution in [-0.2, 0) is 0 Å². The van der Waals surface area contributed by atoms with Crippen LogP contribution >= 0.6 is 0 Å². The molecule has 0 aliphatic carbocycles. The number of hydrogen-bond acceptors (Lipinski definition) is 2. The predicted octanol–water partition coefficient (Wildman–Crippen LogP) is 1.88. The normalized spacial score (nSPS) is 13.8. The smallest absolute Gasteiger partial charge is 0.259 e. The third-order valence-electron chi connectivity index (χ3n) is 1.60. The second kappa shape index (κ2) is 3.09. The molecule has 1 heterocycles. The molecule has 13 heavy (non-hydrogen) atoms. The molecule has 6 heteroatoms. The molecular formula is C7H6F3N3. The van der Waals surface area contributed by atoms with Gasteiger partial charge in [-0.3, -0.25) is 4.68 Å². The van der Waals surface area contributed by atoms with Gasteiger partial charge in [0.15, 0.2) is 0 Å². The van der Waals surface area contributed by atoms with Crippen LogP contribution in [0, 0.1) is 11.3 Å². The third-order valence-corrected chi connectivity index (χ3v) is 1.60. The van der Waals surface area contributed by atoms with Gasteiger partial charge in [-0.1, -0.05) is 0 Å². The van der Waals surface area contributed by atoms with Gasteiger partial charge in [-0.2, -0.15) is 23.5 Å². The molecule has 0 aliphatic rings. The lowest BCUT2D eigenvalue weighted by Gasteiger charge is -2.15. The minimum Gasteiger partial charge on any atom is -0.259 e. The Hall–Kier alpha value is -1.51. The fourth-order valence-corrected chi connectivity index (χ4v) is 0.758. The average Bonchev–Trinajstić information content (AvgIpc) is 2.48. The number of halogens is 3. The number of hydrogen-bond donors (Lipinski definition) is 0. The first-order valence-electron chi connectivity index (χ1n) is 3.46. The van der Waals surface area contributed by atoms with E-state index < -0.39 is 12.2 Å². The summed E-state index contributed by atoms with van der Waals surface area (Å²) in [6.45, 7) is 0.980. The van der Waals surface area contributed by atoms with Gasteiger partial charge in [0.05, 0.1) is 11.8 Å². The minimum atomic E-state index is -4.33. The van der Waals surface area contributed by atoms with E-state index in [1.54, 1.807) is 6.07 Å². The van der Waals surface area contributed by atoms with Crippen molar-refractivity contribution in [3.05, 3.63) is 18.0 Å². The summed E-state index contributed by atoms with van der Waals surface area (Å²) in [6, 6.07) is 0.00354. The van der Waals surface area contributed by atoms with E-state index in [1.165, 1.54) is 0 Å². The van der Waals surface area contributed by atoms with Gasteiger partial charge in [0.2, 0.25) is 0 Å². The Balaban J connectivity index is 2.91. The first-order valence-corrected chi connectivity index (χ1v) is 3.46. The van der Waals surface area contributed by atoms with Crippen molar-refractivity contribution in [1.82, 2.24) is 9.78 Å². The lowest BCUT2D eigenvalue weighted by atomic mass is 10.3. The zero-order valence-corrected chi connectivity index (χ0v) is 6.71. The second-order valence-corrected chi connectivity index (χ2v) is 2.54. The highest BCUT2D eigenvalue weighted by Gasteiger charge is 2.37. The highest BCUT2D eigenvalue weighted by molar-refractivity contribution is 5.21. The van der Waals surface area contributed by atoms with Crippen LogP contribution < -0.4 is 0 Å². The molecular weight excluding hydrogens is 183 g/mol. The van der Waals surface area contributed by atoms with E-state index in [-0.39, 0.29) is 5.56 Å². The van der Waals surface area contributed by atoms with E-state index in [0.29, 0.717) is 0 Å². The summed E-state index contributed by atoms with van der Waals surface area (Å²) in [6.07, 6.45) is -2.17. The third kappa shape index (κ3) is 1.99. The van der Waals surface area contributed by atoms with Crippen LogP contribution in [0.5, 0.6) is 0 Å². The Kier molecular flexibility index (Phi) is 2.28. The molecule has 3 nitrogen and oxygen atoms in total. The molecule has 70 valence electrons. The van der Waals surface area contributed by atoms with Crippen molar-refractivity contribution in [3.8, 4) is 6.07 Å². The van der Waals surface area contributed by atoms with E-state index in [1.807, 2.05) is 0 Å². The number of aromatic nitrogens is 2. The summed E-state index contributed by atoms with van der Waals surface area (Å²) >= 11 is 0. The Morgan fingerprint density at radius 2 is 2.23 bits per heavy atom. The molecule has 0 N–H and O–H groups in total. The Labute approximate surface area is 72.4 Å². The van der Waals surface area contributed by atoms with Gasteiger partial charge >= 0.3 is 6.18 Å². The van der Waals surface area contributed by atoms with E-state index in [2.05, 4.69) is 5.10 Å². The average molecular weight is 189 g/mol. The van der Waals surface area contributed by atoms with Crippen LogP contribution in [0.1, 0.15) is 18.5 Å². The van der Waals surface area contributed by atoms with Crippen molar-refractivity contribution in [2.24, 2.45) is 0 Å². The van der Waals surface area contributed by atoms with Gasteiger partial charge in [0.1, 0.15) is 12.1 Å². The Morgan fingerprint density at radius 3 is 2.62 bits per heavy atom. The van der Waals surface area contributed by atoms with Crippen LogP contribution in [-0.4, -0.2) is 16.0 Å². The maximum Gasteiger partial charge on any atom is 0.410 e. The fourth-order valence-electron chi connectivity index (χ4n) is 0.758. The van der Waals surface area contributed by atoms with Crippen LogP contribution in [0.25, 0.3) is 0 Å². The maximum absolute atomic E-state index is 12.1. The molecule has 1 aromatic rings. The van der Waals surface area contributed by atoms with Crippen molar-refractivity contribution in [3.63, 3.8) is 0 Å². The Morgan fingerprint density at radius 1 is 1.62 bits per heavy atom. The SMILES string of the molecule is CC(n1cc(C#N)cn1)C(F)(F)F. The standard InChI is InChI=1S/C7H6F3N3/c1-5(7(8,9)10)13-4-6(2-11)3-12-13/h3-5H,1H3. The van der Waals surface area contributed by atoms with Crippen LogP contribution in [0.3, 0.4) is 0 Å². The maximum atomic E-state index is 12.1. The lowest BCUT2D eigenvalue weighted by Crippen LogP contribution is -2.23. The molecule has 0 radical (unpaired) electrons. The molecule has 0 amide bonds. The molecule has 1 unspecified atom stereocenters. The topological polar surface area (TPSA) is 41.6 Å². The van der Waals surface area contributed by atoms with Crippen molar-refractivity contribution < 1.29 is 13.2 Å². The summed E-state index contributed by atoms with van der Waals surface area (Å²) in [5.74, 6) is 0. The zero-order valence-electron chi connectivity index (χ0n) is 6.71. The molecule has 0 bridgehead atoms. The van der Waals surface area contributed by atoms with Gasteiger partial charge in [0, 0.05) is 6.20 Å². The quantitative estimate of drug-likeness (QED) is 0.676. The summed E-state index contributed by atoms with van der Waals surface area (Å²) in [5.41, 5.74) is 0.121. The van der Waals surface area contributed by atoms with Crippen LogP contribution in [0.4, 0.5) is 13.2 Å². The summed E-state index contributed by atoms with van der Waals surface area (Å²) in [4.78, 5) is 0. The molecule has 0 aliphatic heterocycles. The minimum absolute atomic E-state index is 0.121. The molecule has 0 aromatic carbocycles. The molecule has 1 aromatic heterocycles. The van der Waals surface area contributed by atoms with Crippen LogP contribution in [0.2, 0.25) is 0 Å². The monoisotopic (exact) mass is 189 g/mol. The fraction of sp³-hybridized carbons (Fsp3) is 0.429. The molecule has 0 saturated carbocycles. The number of rotatable bonds is 1. The Bertz CT molecular complexity index is 333. The zero-order chi connectivity index (χ0) is 10.1. The van der Waals surface area contributed by atoms with Crippen molar-refractivity contribution in [2.75, 3.05) is 0 Å². The first kappa shape index (κ1) is 9.58. The highest BCUT2D eigenvalue weighted by atomic mass is 19.4. The van der Waals surface area contributed by atoms with Gasteiger partial charge in [-0.05, 0) is 6.92 Å². The number of nitriles is 1. The van der Waals surface area contributed by atoms with Crippen molar-refractivity contribution >= 4 is 0 Å². The molecule has 0 spiro atoms. The van der Waals surface area contributed by atoms with Gasteiger partial charge in [-0.15, -0.1) is 0 Å². The highest BCUT2D eigenvalue weighted by Crippen LogP contribution is 2.29. The van der Waals surface area contributed by atoms with Crippen LogP contribution in [0.15, 0.2) is 12.4 Å². The van der Waals surface area contributed by atoms with E-state index in [9.17, 15) is 13.2 Å². The number of alkyl halides is 3. The number of nitrogens with zero attached hydrogens (tertiary/aromatic N) is 3. The predicted molar refractivity (Wildman–Crippen MR) is 37.7 cm³/mol. The molecule has 1 rings (SSSR count). The second-order valence-electron chi connectivity index (χ2n) is 2.54. The van der Waals surface area contributed by atoms with Gasteiger partial charge < -0.3 is 0 Å². The summed E-state index contributed by atoms with van der Waals surface area (Å²) in [5, 5.41) is 11.8. The molecule has 0 saturated heterocycles. The first-order chi connectivity index (χ1) is 5.95. The van der Waals surface area contributed by atoms with Crippen molar-refractivity contribution in [2.45, 2.75) is 19.1 Å². The lowest BCUT2D eigenvalue weighted by molar-refractivity contribution is -0.165. The van der Waals surface area contributed by atoms with Gasteiger partial charge in [0.25, 0.3) is 0 Å². The molecule has 1 atom stereocenters. The van der Waals surface area contributed by atoms with E-state index in [4.69, 9.17) is 5.26 Å². The summed E-state index contributed by atoms with van der Waals surface area (Å²) < 4.78 is 37.0. The largest absolute Gasteiger partial charge is 0.410 e. The summed E-state index contributed by atoms with van der Waals surface area (Å²) in [7, 11) is 0. The molecule has 0 fully saturated rings. The van der Waals surface area contributed by atoms with Gasteiger partial charge in [-0.25, -0.2) is 0 Å². The van der Waals surface area contributed by atoms with E-state index >= 15 is 0 Å².